The Labute approximate surface area is 111 Å². The molecule has 5 nitrogen and oxygen atoms in total. The number of hydrogen-bond donors (Lipinski definition) is 2. The first-order chi connectivity index (χ1) is 9.01. The number of alkyl halides is 1. The van der Waals surface area contributed by atoms with Gasteiger partial charge in [-0.25, -0.2) is 9.18 Å². The smallest absolute Gasteiger partial charge is 0.322 e. The lowest BCUT2D eigenvalue weighted by Gasteiger charge is -2.17. The molecule has 19 heavy (non-hydrogen) atoms. The Kier molecular flexibility index (Phi) is 3.90. The van der Waals surface area contributed by atoms with E-state index in [4.69, 9.17) is 4.74 Å². The summed E-state index contributed by atoms with van der Waals surface area (Å²) in [5.74, 6) is 0.705. The van der Waals surface area contributed by atoms with E-state index in [0.717, 1.165) is 5.56 Å². The highest BCUT2D eigenvalue weighted by Gasteiger charge is 2.34. The zero-order valence-corrected chi connectivity index (χ0v) is 10.9. The zero-order valence-electron chi connectivity index (χ0n) is 10.9. The Hall–Kier alpha value is -1.82. The van der Waals surface area contributed by atoms with Gasteiger partial charge >= 0.3 is 6.03 Å². The van der Waals surface area contributed by atoms with Gasteiger partial charge in [-0.3, -0.25) is 0 Å². The quantitative estimate of drug-likeness (QED) is 0.855. The third-order valence-electron chi connectivity index (χ3n) is 3.18. The fraction of sp³-hybridized carbons (Fsp3) is 0.462. The lowest BCUT2D eigenvalue weighted by atomic mass is 10.2. The Balaban J connectivity index is 2.03. The van der Waals surface area contributed by atoms with Gasteiger partial charge in [-0.05, 0) is 30.7 Å². The topological polar surface area (TPSA) is 61.8 Å². The van der Waals surface area contributed by atoms with Crippen molar-refractivity contribution in [3.8, 4) is 5.75 Å². The predicted molar refractivity (Wildman–Crippen MR) is 69.2 cm³/mol. The number of ether oxygens (including phenoxy) is 1. The van der Waals surface area contributed by atoms with Crippen molar-refractivity contribution in [2.45, 2.75) is 19.2 Å². The van der Waals surface area contributed by atoms with Crippen LogP contribution in [0.5, 0.6) is 5.75 Å². The number of urea groups is 1. The molecule has 0 unspecified atom stereocenters. The van der Waals surface area contributed by atoms with Gasteiger partial charge in [-0.15, -0.1) is 0 Å². The van der Waals surface area contributed by atoms with Crippen LogP contribution in [0.3, 0.4) is 0 Å². The first-order valence-corrected chi connectivity index (χ1v) is 6.04. The minimum Gasteiger partial charge on any atom is -0.497 e. The van der Waals surface area contributed by atoms with Crippen molar-refractivity contribution in [2.24, 2.45) is 0 Å². The number of aryl methyl sites for hydroxylation is 1. The number of anilines is 1. The molecule has 1 fully saturated rings. The average Bonchev–Trinajstić information content (AvgIpc) is 2.72. The van der Waals surface area contributed by atoms with Gasteiger partial charge in [0.15, 0.2) is 0 Å². The van der Waals surface area contributed by atoms with Crippen molar-refractivity contribution in [1.29, 1.82) is 0 Å². The molecule has 6 heteroatoms. The van der Waals surface area contributed by atoms with E-state index in [9.17, 15) is 14.3 Å². The molecule has 0 aromatic heterocycles. The van der Waals surface area contributed by atoms with Crippen LogP contribution < -0.4 is 10.1 Å². The van der Waals surface area contributed by atoms with Crippen LogP contribution in [0.2, 0.25) is 0 Å². The first kappa shape index (κ1) is 13.6. The van der Waals surface area contributed by atoms with E-state index in [0.29, 0.717) is 11.4 Å². The molecule has 1 aliphatic heterocycles. The maximum absolute atomic E-state index is 13.2. The predicted octanol–water partition coefficient (Wildman–Crippen LogP) is 1.55. The first-order valence-electron chi connectivity index (χ1n) is 6.04. The molecule has 1 aromatic rings. The van der Waals surface area contributed by atoms with Crippen molar-refractivity contribution in [3.05, 3.63) is 23.8 Å². The van der Waals surface area contributed by atoms with Crippen LogP contribution in [-0.2, 0) is 0 Å². The van der Waals surface area contributed by atoms with Gasteiger partial charge in [0.25, 0.3) is 0 Å². The number of β-amino-alcohol motifs (C(OH)–C–C–N with tert-alkyl or cyclic N) is 1. The fourth-order valence-electron chi connectivity index (χ4n) is 2.01. The number of benzene rings is 1. The highest BCUT2D eigenvalue weighted by Crippen LogP contribution is 2.22. The number of rotatable bonds is 2. The zero-order chi connectivity index (χ0) is 14.0. The number of halogens is 1. The maximum atomic E-state index is 13.2. The van der Waals surface area contributed by atoms with E-state index < -0.39 is 18.3 Å². The summed E-state index contributed by atoms with van der Waals surface area (Å²) in [5, 5.41) is 12.0. The molecule has 1 aromatic carbocycles. The Morgan fingerprint density at radius 2 is 2.26 bits per heavy atom. The third kappa shape index (κ3) is 2.96. The van der Waals surface area contributed by atoms with Crippen LogP contribution in [0, 0.1) is 6.92 Å². The molecule has 2 amide bonds. The minimum atomic E-state index is -1.37. The number of aliphatic hydroxyl groups excluding tert-OH is 1. The molecule has 1 aliphatic rings. The van der Waals surface area contributed by atoms with E-state index in [2.05, 4.69) is 5.32 Å². The second-order valence-electron chi connectivity index (χ2n) is 4.60. The summed E-state index contributed by atoms with van der Waals surface area (Å²) in [6.07, 6.45) is -2.47. The molecular weight excluding hydrogens is 251 g/mol. The van der Waals surface area contributed by atoms with Gasteiger partial charge in [0.1, 0.15) is 18.0 Å². The number of nitrogens with one attached hydrogen (secondary N) is 1. The van der Waals surface area contributed by atoms with Crippen LogP contribution in [0.4, 0.5) is 14.9 Å². The summed E-state index contributed by atoms with van der Waals surface area (Å²) in [6, 6.07) is 4.85. The Bertz CT molecular complexity index is 471. The Morgan fingerprint density at radius 1 is 1.53 bits per heavy atom. The molecule has 2 rings (SSSR count). The number of hydrogen-bond acceptors (Lipinski definition) is 3. The van der Waals surface area contributed by atoms with Crippen LogP contribution >= 0.6 is 0 Å². The van der Waals surface area contributed by atoms with Crippen molar-refractivity contribution in [2.75, 3.05) is 25.5 Å². The lowest BCUT2D eigenvalue weighted by Crippen LogP contribution is -2.34. The number of amides is 2. The lowest BCUT2D eigenvalue weighted by molar-refractivity contribution is 0.116. The monoisotopic (exact) mass is 268 g/mol. The highest BCUT2D eigenvalue weighted by atomic mass is 19.1. The molecule has 2 atom stereocenters. The Morgan fingerprint density at radius 3 is 2.79 bits per heavy atom. The van der Waals surface area contributed by atoms with E-state index in [1.54, 1.807) is 25.3 Å². The summed E-state index contributed by atoms with van der Waals surface area (Å²) in [5.41, 5.74) is 1.49. The molecule has 0 saturated carbocycles. The van der Waals surface area contributed by atoms with Gasteiger partial charge < -0.3 is 20.1 Å². The van der Waals surface area contributed by atoms with Gasteiger partial charge in [0.05, 0.1) is 20.2 Å². The van der Waals surface area contributed by atoms with E-state index in [1.807, 2.05) is 6.92 Å². The normalized spacial score (nSPS) is 22.4. The molecule has 0 bridgehead atoms. The standard InChI is InChI=1S/C13H17FN2O3/c1-8-5-9(19-2)3-4-11(8)15-13(18)16-6-10(14)12(17)7-16/h3-5,10,12,17H,6-7H2,1-2H3,(H,15,18)/t10-,12-/m1/s1. The molecular formula is C13H17FN2O3. The average molecular weight is 268 g/mol. The number of carbonyl (C=O) groups is 1. The molecule has 0 aliphatic carbocycles. The van der Waals surface area contributed by atoms with E-state index in [-0.39, 0.29) is 13.1 Å². The second kappa shape index (κ2) is 5.44. The highest BCUT2D eigenvalue weighted by molar-refractivity contribution is 5.90. The molecule has 0 spiro atoms. The fourth-order valence-corrected chi connectivity index (χ4v) is 2.01. The van der Waals surface area contributed by atoms with Crippen LogP contribution in [0.25, 0.3) is 0 Å². The summed E-state index contributed by atoms with van der Waals surface area (Å²) in [6.45, 7) is 1.78. The van der Waals surface area contributed by atoms with Crippen molar-refractivity contribution < 1.29 is 19.0 Å². The van der Waals surface area contributed by atoms with Gasteiger partial charge in [0.2, 0.25) is 0 Å². The molecule has 1 saturated heterocycles. The van der Waals surface area contributed by atoms with Crippen LogP contribution in [0.15, 0.2) is 18.2 Å². The number of likely N-dealkylation sites (tertiary alicyclic amines) is 1. The number of methoxy groups -OCH3 is 1. The maximum Gasteiger partial charge on any atom is 0.322 e. The molecule has 2 N–H and O–H groups in total. The van der Waals surface area contributed by atoms with Gasteiger partial charge in [-0.1, -0.05) is 0 Å². The summed E-state index contributed by atoms with van der Waals surface area (Å²) in [4.78, 5) is 13.2. The molecule has 1 heterocycles. The number of aliphatic hydroxyl groups is 1. The minimum absolute atomic E-state index is 0.0161. The van der Waals surface area contributed by atoms with Gasteiger partial charge in [-0.2, -0.15) is 0 Å². The van der Waals surface area contributed by atoms with Gasteiger partial charge in [0, 0.05) is 5.69 Å². The van der Waals surface area contributed by atoms with Crippen molar-refractivity contribution >= 4 is 11.7 Å². The number of nitrogens with zero attached hydrogens (tertiary/aromatic N) is 1. The largest absolute Gasteiger partial charge is 0.497 e. The summed E-state index contributed by atoms with van der Waals surface area (Å²) < 4.78 is 18.2. The third-order valence-corrected chi connectivity index (χ3v) is 3.18. The van der Waals surface area contributed by atoms with E-state index in [1.165, 1.54) is 4.90 Å². The van der Waals surface area contributed by atoms with Crippen molar-refractivity contribution in [1.82, 2.24) is 4.90 Å². The SMILES string of the molecule is COc1ccc(NC(=O)N2C[C@@H](O)[C@H](F)C2)c(C)c1. The second-order valence-corrected chi connectivity index (χ2v) is 4.60. The van der Waals surface area contributed by atoms with Crippen LogP contribution in [-0.4, -0.2) is 48.5 Å². The molecule has 0 radical (unpaired) electrons. The summed E-state index contributed by atoms with van der Waals surface area (Å²) in [7, 11) is 1.57. The number of carbonyl (C=O) groups excluding carboxylic acids is 1. The van der Waals surface area contributed by atoms with Crippen LogP contribution in [0.1, 0.15) is 5.56 Å². The summed E-state index contributed by atoms with van der Waals surface area (Å²) >= 11 is 0. The molecule has 104 valence electrons. The van der Waals surface area contributed by atoms with Crippen molar-refractivity contribution in [3.63, 3.8) is 0 Å². The van der Waals surface area contributed by atoms with E-state index >= 15 is 0 Å².